The van der Waals surface area contributed by atoms with Gasteiger partial charge in [-0.2, -0.15) is 0 Å². The number of carboxylic acids is 1. The van der Waals surface area contributed by atoms with Crippen molar-refractivity contribution >= 4 is 28.9 Å². The number of alkyl carbamates (subject to hydrolysis) is 1. The highest BCUT2D eigenvalue weighted by Gasteiger charge is 2.43. The minimum absolute atomic E-state index is 0.0966. The smallest absolute Gasteiger partial charge is 0.407 e. The molecule has 3 heterocycles. The topological polar surface area (TPSA) is 118 Å². The molecule has 2 N–H and O–H groups in total. The third-order valence-electron chi connectivity index (χ3n) is 8.31. The van der Waals surface area contributed by atoms with Gasteiger partial charge in [0.25, 0.3) is 0 Å². The van der Waals surface area contributed by atoms with E-state index in [2.05, 4.69) is 17.4 Å². The number of pyridine rings is 1. The number of rotatable bonds is 5. The largest absolute Gasteiger partial charge is 0.488 e. The first-order chi connectivity index (χ1) is 20.9. The summed E-state index contributed by atoms with van der Waals surface area (Å²) in [6.45, 7) is 2.38. The summed E-state index contributed by atoms with van der Waals surface area (Å²) in [5.41, 5.74) is 3.69. The van der Waals surface area contributed by atoms with E-state index >= 15 is 0 Å². The van der Waals surface area contributed by atoms with Gasteiger partial charge in [0.15, 0.2) is 0 Å². The fourth-order valence-corrected chi connectivity index (χ4v) is 5.97. The van der Waals surface area contributed by atoms with Crippen LogP contribution in [-0.2, 0) is 20.7 Å². The van der Waals surface area contributed by atoms with E-state index in [4.69, 9.17) is 14.5 Å². The van der Waals surface area contributed by atoms with Crippen LogP contribution in [0.5, 0.6) is 5.75 Å². The number of unbranched alkanes of at least 4 members (excludes halogenated alkanes) is 1. The molecule has 43 heavy (non-hydrogen) atoms. The van der Waals surface area contributed by atoms with Crippen LogP contribution in [0.4, 0.5) is 4.79 Å². The van der Waals surface area contributed by atoms with Crippen LogP contribution >= 0.6 is 0 Å². The lowest BCUT2D eigenvalue weighted by Gasteiger charge is -2.27. The van der Waals surface area contributed by atoms with Crippen LogP contribution in [0.15, 0.2) is 54.6 Å². The average molecular weight is 588 g/mol. The normalized spacial score (nSPS) is 22.1. The van der Waals surface area contributed by atoms with Crippen molar-refractivity contribution in [2.75, 3.05) is 13.2 Å². The van der Waals surface area contributed by atoms with E-state index in [1.54, 1.807) is 0 Å². The molecule has 0 aliphatic carbocycles. The Bertz CT molecular complexity index is 1430. The fourth-order valence-electron chi connectivity index (χ4n) is 5.97. The van der Waals surface area contributed by atoms with Crippen LogP contribution in [0.2, 0.25) is 0 Å². The van der Waals surface area contributed by atoms with Crippen LogP contribution in [-0.4, -0.2) is 64.3 Å². The first-order valence-corrected chi connectivity index (χ1v) is 15.5. The predicted molar refractivity (Wildman–Crippen MR) is 164 cm³/mol. The summed E-state index contributed by atoms with van der Waals surface area (Å²) < 4.78 is 12.0. The van der Waals surface area contributed by atoms with Crippen LogP contribution < -0.4 is 10.1 Å². The van der Waals surface area contributed by atoms with Gasteiger partial charge in [-0.1, -0.05) is 75.4 Å². The van der Waals surface area contributed by atoms with E-state index < -0.39 is 36.2 Å². The van der Waals surface area contributed by atoms with E-state index in [9.17, 15) is 19.5 Å². The quantitative estimate of drug-likeness (QED) is 0.369. The van der Waals surface area contributed by atoms with Crippen LogP contribution in [0, 0.1) is 0 Å². The van der Waals surface area contributed by atoms with Gasteiger partial charge in [-0.3, -0.25) is 4.79 Å². The third kappa shape index (κ3) is 7.63. The lowest BCUT2D eigenvalue weighted by Crippen LogP contribution is -2.52. The highest BCUT2D eigenvalue weighted by molar-refractivity contribution is 5.90. The van der Waals surface area contributed by atoms with E-state index in [0.717, 1.165) is 67.1 Å². The molecule has 0 spiro atoms. The Balaban J connectivity index is 1.50. The number of carbonyl (C=O) groups excluding carboxylic acids is 2. The van der Waals surface area contributed by atoms with Crippen molar-refractivity contribution in [3.63, 3.8) is 0 Å². The summed E-state index contributed by atoms with van der Waals surface area (Å²) in [5.74, 6) is -0.903. The van der Waals surface area contributed by atoms with Crippen molar-refractivity contribution in [2.24, 2.45) is 0 Å². The molecule has 4 bridgehead atoms. The number of amides is 2. The van der Waals surface area contributed by atoms with Gasteiger partial charge in [-0.15, -0.1) is 0 Å². The van der Waals surface area contributed by atoms with E-state index in [1.165, 1.54) is 10.5 Å². The molecule has 0 radical (unpaired) electrons. The molecule has 3 aromatic rings. The number of hydrogen-bond donors (Lipinski definition) is 2. The van der Waals surface area contributed by atoms with Gasteiger partial charge in [0.05, 0.1) is 24.4 Å². The molecule has 0 unspecified atom stereocenters. The fraction of sp³-hybridized carbons (Fsp3) is 0.471. The summed E-state index contributed by atoms with van der Waals surface area (Å²) in [7, 11) is 0. The Morgan fingerprint density at radius 2 is 1.84 bits per heavy atom. The molecule has 9 heteroatoms. The number of cyclic esters (lactones) is 1. The van der Waals surface area contributed by atoms with E-state index in [1.807, 2.05) is 49.4 Å². The Morgan fingerprint density at radius 3 is 2.63 bits per heavy atom. The molecule has 2 amide bonds. The van der Waals surface area contributed by atoms with Gasteiger partial charge >= 0.3 is 12.1 Å². The maximum Gasteiger partial charge on any atom is 0.407 e. The molecule has 2 aliphatic rings. The van der Waals surface area contributed by atoms with Crippen molar-refractivity contribution in [1.29, 1.82) is 0 Å². The molecule has 2 aliphatic heterocycles. The molecule has 228 valence electrons. The number of carboxylic acid groups (broad SMARTS) is 1. The summed E-state index contributed by atoms with van der Waals surface area (Å²) in [5, 5.41) is 13.7. The minimum atomic E-state index is -1.10. The number of nitrogens with one attached hydrogen (secondary N) is 1. The Kier molecular flexibility index (Phi) is 10.1. The second-order valence-corrected chi connectivity index (χ2v) is 11.5. The number of ether oxygens (including phenoxy) is 2. The predicted octanol–water partition coefficient (Wildman–Crippen LogP) is 6.13. The lowest BCUT2D eigenvalue weighted by atomic mass is 10.0. The van der Waals surface area contributed by atoms with Crippen LogP contribution in [0.25, 0.3) is 22.2 Å². The van der Waals surface area contributed by atoms with E-state index in [0.29, 0.717) is 18.6 Å². The molecular weight excluding hydrogens is 546 g/mol. The first-order valence-electron chi connectivity index (χ1n) is 15.5. The highest BCUT2D eigenvalue weighted by atomic mass is 16.5. The van der Waals surface area contributed by atoms with Crippen LogP contribution in [0.1, 0.15) is 70.3 Å². The second-order valence-electron chi connectivity index (χ2n) is 11.5. The molecule has 2 aromatic carbocycles. The number of aryl methyl sites for hydroxylation is 1. The van der Waals surface area contributed by atoms with Gasteiger partial charge in [-0.05, 0) is 43.4 Å². The number of aliphatic carboxylic acids is 1. The number of fused-ring (bicyclic) bond motifs is 3. The third-order valence-corrected chi connectivity index (χ3v) is 8.31. The van der Waals surface area contributed by atoms with Gasteiger partial charge in [0, 0.05) is 23.4 Å². The zero-order valence-electron chi connectivity index (χ0n) is 24.8. The van der Waals surface area contributed by atoms with Gasteiger partial charge in [0.2, 0.25) is 5.91 Å². The summed E-state index contributed by atoms with van der Waals surface area (Å²) in [6.07, 6.45) is 6.64. The molecule has 1 fully saturated rings. The number of benzene rings is 2. The maximum atomic E-state index is 13.7. The standard InChI is InChI=1S/C34H41N3O6/c1-2-3-15-28-32(38)37-22-25(20-30(37)33(39)40)43-31-21-29(24-13-9-7-10-14-24)35-27-17-16-23(19-26(27)31)12-8-5-4-6-11-18-42-34(41)36-28/h7,9-10,13-14,16-17,19,21,25,28,30H,2-6,8,11-12,15,18,20,22H2,1H3,(H,36,41)(H,39,40)/t25-,28+,30+/m1/s1. The molecular formula is C34H41N3O6. The average Bonchev–Trinajstić information content (AvgIpc) is 3.44. The molecule has 0 saturated carbocycles. The lowest BCUT2D eigenvalue weighted by molar-refractivity contribution is -0.149. The minimum Gasteiger partial charge on any atom is -0.488 e. The number of carbonyl (C=O) groups is 3. The molecule has 5 rings (SSSR count). The van der Waals surface area contributed by atoms with Crippen molar-refractivity contribution in [2.45, 2.75) is 89.3 Å². The molecule has 1 saturated heterocycles. The van der Waals surface area contributed by atoms with E-state index in [-0.39, 0.29) is 19.6 Å². The zero-order valence-corrected chi connectivity index (χ0v) is 24.8. The summed E-state index contributed by atoms with van der Waals surface area (Å²) in [4.78, 5) is 45.0. The van der Waals surface area contributed by atoms with Crippen molar-refractivity contribution in [3.8, 4) is 17.0 Å². The van der Waals surface area contributed by atoms with Crippen molar-refractivity contribution in [3.05, 3.63) is 60.2 Å². The van der Waals surface area contributed by atoms with Crippen LogP contribution in [0.3, 0.4) is 0 Å². The van der Waals surface area contributed by atoms with Gasteiger partial charge in [0.1, 0.15) is 23.9 Å². The number of aromatic nitrogens is 1. The number of hydrogen-bond acceptors (Lipinski definition) is 6. The molecule has 1 aromatic heterocycles. The SMILES string of the molecule is CCCC[C@@H]1NC(=O)OCCCCCCCc2ccc3nc(-c4ccccc4)cc(c3c2)O[C@@H]2C[C@@H](C(=O)O)N(C2)C1=O. The Hall–Kier alpha value is -4.14. The Labute approximate surface area is 252 Å². The first kappa shape index (κ1) is 30.3. The number of nitrogens with zero attached hydrogens (tertiary/aromatic N) is 2. The molecule has 3 atom stereocenters. The highest BCUT2D eigenvalue weighted by Crippen LogP contribution is 2.34. The summed E-state index contributed by atoms with van der Waals surface area (Å²) >= 11 is 0. The summed E-state index contributed by atoms with van der Waals surface area (Å²) in [6, 6.07) is 16.1. The van der Waals surface area contributed by atoms with Gasteiger partial charge < -0.3 is 24.8 Å². The zero-order chi connectivity index (χ0) is 30.2. The Morgan fingerprint density at radius 1 is 1.05 bits per heavy atom. The second kappa shape index (κ2) is 14.4. The monoisotopic (exact) mass is 587 g/mol. The maximum absolute atomic E-state index is 13.7. The van der Waals surface area contributed by atoms with Crippen molar-refractivity contribution < 1.29 is 29.0 Å². The van der Waals surface area contributed by atoms with Crippen molar-refractivity contribution in [1.82, 2.24) is 15.2 Å². The molecule has 9 nitrogen and oxygen atoms in total. The van der Waals surface area contributed by atoms with Gasteiger partial charge in [-0.25, -0.2) is 14.6 Å².